The fourth-order valence-corrected chi connectivity index (χ4v) is 5.32. The largest absolute Gasteiger partial charge is 0.361 e. The van der Waals surface area contributed by atoms with Gasteiger partial charge in [0, 0.05) is 49.5 Å². The van der Waals surface area contributed by atoms with Crippen molar-refractivity contribution >= 4 is 35.1 Å². The standard InChI is InChI=1S/C27H31ClN6O3/c1-31-16-24-26(36)34(18-33(24)17-31)22-11-13-32(14-12-22)25(35)23(15-19-5-3-2-4-6-19)30-27(37)29-21-9-7-20(28)8-10-21/h2-10,16,22-23H,11-15,17-18H2,1H3,(H2,29,30,37)/t23-/m0/s1. The second-order valence-corrected chi connectivity index (χ2v) is 10.2. The molecule has 2 aromatic carbocycles. The van der Waals surface area contributed by atoms with Crippen LogP contribution in [-0.4, -0.2) is 83.0 Å². The van der Waals surface area contributed by atoms with Crippen molar-refractivity contribution in [1.29, 1.82) is 0 Å². The van der Waals surface area contributed by atoms with Gasteiger partial charge in [0.05, 0.1) is 13.3 Å². The van der Waals surface area contributed by atoms with Gasteiger partial charge in [0.2, 0.25) is 5.91 Å². The molecule has 1 atom stereocenters. The molecule has 3 aliphatic rings. The zero-order valence-electron chi connectivity index (χ0n) is 20.8. The molecule has 5 rings (SSSR count). The van der Waals surface area contributed by atoms with E-state index in [4.69, 9.17) is 11.6 Å². The van der Waals surface area contributed by atoms with Gasteiger partial charge < -0.3 is 30.2 Å². The average Bonchev–Trinajstić information content (AvgIpc) is 3.41. The Labute approximate surface area is 221 Å². The fourth-order valence-electron chi connectivity index (χ4n) is 5.19. The van der Waals surface area contributed by atoms with Crippen LogP contribution in [0.3, 0.4) is 0 Å². The van der Waals surface area contributed by atoms with Crippen molar-refractivity contribution in [2.24, 2.45) is 0 Å². The molecule has 2 aromatic rings. The summed E-state index contributed by atoms with van der Waals surface area (Å²) in [5.74, 6) is -0.0529. The number of carbonyl (C=O) groups excluding carboxylic acids is 3. The number of rotatable bonds is 6. The van der Waals surface area contributed by atoms with Crippen LogP contribution < -0.4 is 10.6 Å². The number of nitrogens with one attached hydrogen (secondary N) is 2. The first-order chi connectivity index (χ1) is 17.9. The summed E-state index contributed by atoms with van der Waals surface area (Å²) in [6, 6.07) is 15.4. The minimum atomic E-state index is -0.717. The van der Waals surface area contributed by atoms with Crippen molar-refractivity contribution in [2.45, 2.75) is 31.3 Å². The van der Waals surface area contributed by atoms with Crippen molar-refractivity contribution in [3.63, 3.8) is 0 Å². The van der Waals surface area contributed by atoms with Gasteiger partial charge in [-0.2, -0.15) is 0 Å². The predicted molar refractivity (Wildman–Crippen MR) is 141 cm³/mol. The second-order valence-electron chi connectivity index (χ2n) is 9.77. The molecule has 0 radical (unpaired) electrons. The zero-order valence-corrected chi connectivity index (χ0v) is 21.5. The Balaban J connectivity index is 1.22. The van der Waals surface area contributed by atoms with Crippen LogP contribution in [0.25, 0.3) is 0 Å². The maximum Gasteiger partial charge on any atom is 0.319 e. The fraction of sp³-hybridized carbons (Fsp3) is 0.370. The van der Waals surface area contributed by atoms with Crippen molar-refractivity contribution in [3.05, 3.63) is 77.1 Å². The summed E-state index contributed by atoms with van der Waals surface area (Å²) in [4.78, 5) is 47.1. The van der Waals surface area contributed by atoms with Gasteiger partial charge in [-0.15, -0.1) is 0 Å². The summed E-state index contributed by atoms with van der Waals surface area (Å²) in [7, 11) is 1.96. The molecule has 3 aliphatic heterocycles. The molecular formula is C27H31ClN6O3. The number of halogens is 1. The summed E-state index contributed by atoms with van der Waals surface area (Å²) in [5.41, 5.74) is 2.30. The molecule has 0 bridgehead atoms. The van der Waals surface area contributed by atoms with E-state index >= 15 is 0 Å². The minimum Gasteiger partial charge on any atom is -0.361 e. The highest BCUT2D eigenvalue weighted by atomic mass is 35.5. The highest BCUT2D eigenvalue weighted by Gasteiger charge is 2.41. The van der Waals surface area contributed by atoms with Crippen molar-refractivity contribution in [1.82, 2.24) is 24.9 Å². The van der Waals surface area contributed by atoms with Gasteiger partial charge in [-0.1, -0.05) is 41.9 Å². The first kappa shape index (κ1) is 25.0. The molecule has 194 valence electrons. The SMILES string of the molecule is CN1C=C2C(=O)N(C3CCN(C(=O)[C@H](Cc4ccccc4)NC(=O)Nc4ccc(Cl)cc4)CC3)CN2C1. The van der Waals surface area contributed by atoms with Gasteiger partial charge >= 0.3 is 6.03 Å². The number of urea groups is 1. The topological polar surface area (TPSA) is 88.2 Å². The summed E-state index contributed by atoms with van der Waals surface area (Å²) in [5, 5.41) is 6.23. The van der Waals surface area contributed by atoms with Crippen LogP contribution in [0.1, 0.15) is 18.4 Å². The van der Waals surface area contributed by atoms with Gasteiger partial charge in [-0.05, 0) is 42.7 Å². The highest BCUT2D eigenvalue weighted by molar-refractivity contribution is 6.30. The lowest BCUT2D eigenvalue weighted by molar-refractivity contribution is -0.135. The van der Waals surface area contributed by atoms with E-state index in [0.29, 0.717) is 49.7 Å². The Morgan fingerprint density at radius 1 is 1.03 bits per heavy atom. The molecule has 2 fully saturated rings. The van der Waals surface area contributed by atoms with Crippen LogP contribution in [0.5, 0.6) is 0 Å². The molecule has 0 spiro atoms. The molecule has 0 saturated carbocycles. The molecule has 2 saturated heterocycles. The number of hydrogen-bond donors (Lipinski definition) is 2. The Morgan fingerprint density at radius 2 is 1.73 bits per heavy atom. The highest BCUT2D eigenvalue weighted by Crippen LogP contribution is 2.29. The van der Waals surface area contributed by atoms with Crippen LogP contribution in [0.4, 0.5) is 10.5 Å². The molecule has 10 heteroatoms. The van der Waals surface area contributed by atoms with Gasteiger partial charge in [-0.25, -0.2) is 4.79 Å². The quantitative estimate of drug-likeness (QED) is 0.609. The molecule has 0 aromatic heterocycles. The third-order valence-corrected chi connectivity index (χ3v) is 7.34. The number of benzene rings is 2. The van der Waals surface area contributed by atoms with E-state index in [1.807, 2.05) is 53.4 Å². The Hall–Kier alpha value is -3.72. The van der Waals surface area contributed by atoms with Crippen LogP contribution in [-0.2, 0) is 16.0 Å². The van der Waals surface area contributed by atoms with Gasteiger partial charge in [0.25, 0.3) is 5.91 Å². The summed E-state index contributed by atoms with van der Waals surface area (Å²) in [6.07, 6.45) is 3.71. The van der Waals surface area contributed by atoms with Crippen molar-refractivity contribution in [3.8, 4) is 0 Å². The maximum atomic E-state index is 13.6. The number of fused-ring (bicyclic) bond motifs is 1. The first-order valence-corrected chi connectivity index (χ1v) is 12.9. The molecule has 3 heterocycles. The number of anilines is 1. The van der Waals surface area contributed by atoms with E-state index in [9.17, 15) is 14.4 Å². The molecular weight excluding hydrogens is 492 g/mol. The van der Waals surface area contributed by atoms with Gasteiger partial charge in [0.1, 0.15) is 11.7 Å². The zero-order chi connectivity index (χ0) is 25.9. The Morgan fingerprint density at radius 3 is 2.41 bits per heavy atom. The number of piperidine rings is 1. The average molecular weight is 523 g/mol. The lowest BCUT2D eigenvalue weighted by Gasteiger charge is -2.38. The maximum absolute atomic E-state index is 13.6. The lowest BCUT2D eigenvalue weighted by Crippen LogP contribution is -2.54. The molecule has 0 unspecified atom stereocenters. The smallest absolute Gasteiger partial charge is 0.319 e. The third kappa shape index (κ3) is 5.67. The lowest BCUT2D eigenvalue weighted by atomic mass is 10.0. The number of amides is 4. The van der Waals surface area contributed by atoms with Crippen molar-refractivity contribution in [2.75, 3.05) is 38.8 Å². The van der Waals surface area contributed by atoms with E-state index in [2.05, 4.69) is 15.5 Å². The molecule has 9 nitrogen and oxygen atoms in total. The van der Waals surface area contributed by atoms with Gasteiger partial charge in [0.15, 0.2) is 0 Å². The van der Waals surface area contributed by atoms with E-state index in [1.165, 1.54) is 0 Å². The first-order valence-electron chi connectivity index (χ1n) is 12.5. The third-order valence-electron chi connectivity index (χ3n) is 7.09. The van der Waals surface area contributed by atoms with Crippen LogP contribution >= 0.6 is 11.6 Å². The Kier molecular flexibility index (Phi) is 7.23. The molecule has 37 heavy (non-hydrogen) atoms. The normalized spacial score (nSPS) is 18.5. The summed E-state index contributed by atoms with van der Waals surface area (Å²) in [6.45, 7) is 2.40. The van der Waals surface area contributed by atoms with Crippen LogP contribution in [0.15, 0.2) is 66.5 Å². The number of carbonyl (C=O) groups is 3. The molecule has 4 amide bonds. The number of nitrogens with zero attached hydrogens (tertiary/aromatic N) is 4. The Bertz CT molecular complexity index is 1180. The number of hydrogen-bond acceptors (Lipinski definition) is 5. The summed E-state index contributed by atoms with van der Waals surface area (Å²) < 4.78 is 0. The second kappa shape index (κ2) is 10.7. The minimum absolute atomic E-state index is 0.0663. The van der Waals surface area contributed by atoms with E-state index in [1.54, 1.807) is 29.2 Å². The van der Waals surface area contributed by atoms with Crippen molar-refractivity contribution < 1.29 is 14.4 Å². The van der Waals surface area contributed by atoms with Crippen LogP contribution in [0, 0.1) is 0 Å². The summed E-state index contributed by atoms with van der Waals surface area (Å²) >= 11 is 5.93. The van der Waals surface area contributed by atoms with E-state index in [-0.39, 0.29) is 17.9 Å². The predicted octanol–water partition coefficient (Wildman–Crippen LogP) is 2.91. The van der Waals surface area contributed by atoms with Gasteiger partial charge in [-0.3, -0.25) is 9.59 Å². The molecule has 2 N–H and O–H groups in total. The van der Waals surface area contributed by atoms with Crippen LogP contribution in [0.2, 0.25) is 5.02 Å². The monoisotopic (exact) mass is 522 g/mol. The molecule has 0 aliphatic carbocycles. The number of likely N-dealkylation sites (tertiary alicyclic amines) is 1. The van der Waals surface area contributed by atoms with E-state index in [0.717, 1.165) is 17.9 Å². The van der Waals surface area contributed by atoms with E-state index < -0.39 is 12.1 Å².